The van der Waals surface area contributed by atoms with Gasteiger partial charge in [-0.2, -0.15) is 4.98 Å². The maximum Gasteiger partial charge on any atom is 0.278 e. The fraction of sp³-hybridized carbons (Fsp3) is 0.333. The van der Waals surface area contributed by atoms with E-state index in [9.17, 15) is 9.90 Å². The van der Waals surface area contributed by atoms with Crippen molar-refractivity contribution in [1.82, 2.24) is 29.2 Å². The van der Waals surface area contributed by atoms with Crippen molar-refractivity contribution >= 4 is 28.4 Å². The predicted molar refractivity (Wildman–Crippen MR) is 146 cm³/mol. The van der Waals surface area contributed by atoms with Gasteiger partial charge in [0, 0.05) is 47.9 Å². The number of pyridine rings is 1. The number of rotatable bonds is 7. The van der Waals surface area contributed by atoms with Crippen LogP contribution in [0.5, 0.6) is 0 Å². The standard InChI is InChI=1S/C27H32N8O2/c1-5-13-34-25(36)21-18-28-26(29-19-9-11-20(12-10-19)33-16-14-32(4)15-17-33)31-24(21)35(34)23-8-6-7-22(30-23)27(2,3)37/h5-12,18,37H,1,13-17H2,2-4H3,(H,28,29,31)/i4D3. The van der Waals surface area contributed by atoms with E-state index in [1.54, 1.807) is 42.8 Å². The number of nitrogens with one attached hydrogen (secondary N) is 1. The van der Waals surface area contributed by atoms with Gasteiger partial charge in [0.25, 0.3) is 5.56 Å². The highest BCUT2D eigenvalue weighted by molar-refractivity contribution is 5.77. The van der Waals surface area contributed by atoms with E-state index in [-0.39, 0.29) is 12.1 Å². The number of benzene rings is 1. The molecule has 192 valence electrons. The summed E-state index contributed by atoms with van der Waals surface area (Å²) in [4.78, 5) is 30.5. The Morgan fingerprint density at radius 3 is 2.57 bits per heavy atom. The molecule has 0 unspecified atom stereocenters. The summed E-state index contributed by atoms with van der Waals surface area (Å²) in [5.74, 6) is 0.732. The minimum absolute atomic E-state index is 0.231. The van der Waals surface area contributed by atoms with Gasteiger partial charge in [0.2, 0.25) is 5.95 Å². The first-order chi connectivity index (χ1) is 19.0. The Bertz CT molecular complexity index is 1580. The Labute approximate surface area is 219 Å². The van der Waals surface area contributed by atoms with E-state index in [1.165, 1.54) is 15.8 Å². The maximum absolute atomic E-state index is 13.2. The van der Waals surface area contributed by atoms with Crippen LogP contribution in [-0.4, -0.2) is 67.5 Å². The summed E-state index contributed by atoms with van der Waals surface area (Å²) >= 11 is 0. The number of hydrogen-bond acceptors (Lipinski definition) is 8. The Kier molecular flexibility index (Phi) is 5.59. The van der Waals surface area contributed by atoms with Crippen molar-refractivity contribution in [2.75, 3.05) is 43.4 Å². The van der Waals surface area contributed by atoms with Crippen molar-refractivity contribution in [3.05, 3.63) is 77.4 Å². The zero-order valence-corrected chi connectivity index (χ0v) is 20.9. The zero-order valence-electron chi connectivity index (χ0n) is 23.9. The Morgan fingerprint density at radius 1 is 1.14 bits per heavy atom. The number of aliphatic hydroxyl groups is 1. The van der Waals surface area contributed by atoms with Gasteiger partial charge < -0.3 is 20.2 Å². The topological polar surface area (TPSA) is 104 Å². The minimum atomic E-state index is -2.06. The molecule has 4 heterocycles. The molecule has 0 amide bonds. The van der Waals surface area contributed by atoms with Gasteiger partial charge >= 0.3 is 0 Å². The van der Waals surface area contributed by atoms with E-state index < -0.39 is 12.6 Å². The normalized spacial score (nSPS) is 16.3. The molecule has 37 heavy (non-hydrogen) atoms. The third-order valence-electron chi connectivity index (χ3n) is 6.32. The van der Waals surface area contributed by atoms with Gasteiger partial charge in [0.05, 0.1) is 12.2 Å². The summed E-state index contributed by atoms with van der Waals surface area (Å²) in [6, 6.07) is 13.0. The predicted octanol–water partition coefficient (Wildman–Crippen LogP) is 2.89. The van der Waals surface area contributed by atoms with Gasteiger partial charge in [-0.25, -0.2) is 19.3 Å². The average molecular weight is 504 g/mol. The van der Waals surface area contributed by atoms with Crippen molar-refractivity contribution in [1.29, 1.82) is 0 Å². The Morgan fingerprint density at radius 2 is 1.89 bits per heavy atom. The zero-order chi connectivity index (χ0) is 28.7. The largest absolute Gasteiger partial charge is 0.384 e. The van der Waals surface area contributed by atoms with Gasteiger partial charge in [-0.1, -0.05) is 12.1 Å². The summed E-state index contributed by atoms with van der Waals surface area (Å²) in [6.07, 6.45) is 3.11. The van der Waals surface area contributed by atoms with Crippen LogP contribution in [-0.2, 0) is 12.1 Å². The van der Waals surface area contributed by atoms with Crippen molar-refractivity contribution in [3.8, 4) is 5.82 Å². The number of nitrogens with zero attached hydrogens (tertiary/aromatic N) is 7. The maximum atomic E-state index is 13.2. The lowest BCUT2D eigenvalue weighted by molar-refractivity contribution is 0.0738. The molecule has 1 saturated heterocycles. The van der Waals surface area contributed by atoms with E-state index in [0.717, 1.165) is 11.4 Å². The molecule has 0 radical (unpaired) electrons. The quantitative estimate of drug-likeness (QED) is 0.371. The molecule has 0 bridgehead atoms. The molecule has 5 rings (SSSR count). The molecule has 3 aromatic heterocycles. The summed E-state index contributed by atoms with van der Waals surface area (Å²) in [5, 5.41) is 14.0. The first kappa shape index (κ1) is 21.1. The van der Waals surface area contributed by atoms with Gasteiger partial charge in [0.15, 0.2) is 11.5 Å². The highest BCUT2D eigenvalue weighted by Crippen LogP contribution is 2.23. The van der Waals surface area contributed by atoms with Gasteiger partial charge in [-0.05, 0) is 57.2 Å². The number of anilines is 3. The highest BCUT2D eigenvalue weighted by Gasteiger charge is 2.22. The molecule has 10 nitrogen and oxygen atoms in total. The molecule has 0 aliphatic carbocycles. The van der Waals surface area contributed by atoms with Crippen molar-refractivity contribution < 1.29 is 9.22 Å². The number of likely N-dealkylation sites (N-methyl/N-ethyl adjacent to an activating group) is 1. The number of fused-ring (bicyclic) bond motifs is 1. The van der Waals surface area contributed by atoms with E-state index >= 15 is 0 Å². The molecule has 1 fully saturated rings. The fourth-order valence-electron chi connectivity index (χ4n) is 4.34. The lowest BCUT2D eigenvalue weighted by Crippen LogP contribution is -2.44. The molecule has 0 atom stereocenters. The molecule has 10 heteroatoms. The van der Waals surface area contributed by atoms with Crippen LogP contribution in [0, 0.1) is 0 Å². The number of aromatic nitrogens is 5. The molecule has 1 aliphatic heterocycles. The fourth-order valence-corrected chi connectivity index (χ4v) is 4.34. The third kappa shape index (κ3) is 4.98. The number of piperazine rings is 1. The molecule has 1 aromatic carbocycles. The molecule has 0 spiro atoms. The van der Waals surface area contributed by atoms with Crippen molar-refractivity contribution in [3.63, 3.8) is 0 Å². The SMILES string of the molecule is [2H]C([2H])([2H])N1CCN(c2ccc(Nc3ncc4c(=O)n(CC=C)n(-c5cccc(C(C)(C)O)n5)c4n3)cc2)CC1. The first-order valence-corrected chi connectivity index (χ1v) is 12.1. The van der Waals surface area contributed by atoms with Gasteiger partial charge in [-0.15, -0.1) is 6.58 Å². The first-order valence-electron chi connectivity index (χ1n) is 13.6. The lowest BCUT2D eigenvalue weighted by Gasteiger charge is -2.34. The van der Waals surface area contributed by atoms with E-state index in [1.807, 2.05) is 24.3 Å². The molecule has 0 saturated carbocycles. The van der Waals surface area contributed by atoms with Gasteiger partial charge in [-0.3, -0.25) is 4.79 Å². The molecule has 2 N–H and O–H groups in total. The average Bonchev–Trinajstić information content (AvgIpc) is 3.19. The highest BCUT2D eigenvalue weighted by atomic mass is 16.3. The number of allylic oxidation sites excluding steroid dienone is 1. The Balaban J connectivity index is 1.43. The smallest absolute Gasteiger partial charge is 0.278 e. The van der Waals surface area contributed by atoms with E-state index in [4.69, 9.17) is 4.11 Å². The summed E-state index contributed by atoms with van der Waals surface area (Å²) < 4.78 is 25.9. The van der Waals surface area contributed by atoms with Crippen LogP contribution in [0.2, 0.25) is 0 Å². The summed E-state index contributed by atoms with van der Waals surface area (Å²) in [5.41, 5.74) is 1.13. The Hall–Kier alpha value is -4.02. The second-order valence-corrected chi connectivity index (χ2v) is 9.50. The summed E-state index contributed by atoms with van der Waals surface area (Å²) in [6.45, 7) is 7.46. The molecular weight excluding hydrogens is 468 g/mol. The second-order valence-electron chi connectivity index (χ2n) is 9.50. The van der Waals surface area contributed by atoms with Crippen LogP contribution in [0.4, 0.5) is 17.3 Å². The third-order valence-corrected chi connectivity index (χ3v) is 6.32. The minimum Gasteiger partial charge on any atom is -0.384 e. The summed E-state index contributed by atoms with van der Waals surface area (Å²) in [7, 11) is 0. The van der Waals surface area contributed by atoms with Crippen LogP contribution >= 0.6 is 0 Å². The van der Waals surface area contributed by atoms with Crippen LogP contribution in [0.25, 0.3) is 16.9 Å². The number of hydrogen-bond donors (Lipinski definition) is 2. The van der Waals surface area contributed by atoms with Crippen LogP contribution in [0.3, 0.4) is 0 Å². The monoisotopic (exact) mass is 503 g/mol. The molecule has 1 aliphatic rings. The van der Waals surface area contributed by atoms with Crippen LogP contribution in [0.1, 0.15) is 23.7 Å². The van der Waals surface area contributed by atoms with Gasteiger partial charge in [0.1, 0.15) is 11.0 Å². The van der Waals surface area contributed by atoms with Crippen LogP contribution < -0.4 is 15.8 Å². The molecule has 4 aromatic rings. The van der Waals surface area contributed by atoms with Crippen molar-refractivity contribution in [2.45, 2.75) is 26.0 Å². The van der Waals surface area contributed by atoms with E-state index in [0.29, 0.717) is 54.7 Å². The molecular formula is C27H32N8O2. The lowest BCUT2D eigenvalue weighted by atomic mass is 10.1. The van der Waals surface area contributed by atoms with Crippen molar-refractivity contribution in [2.24, 2.45) is 0 Å². The van der Waals surface area contributed by atoms with Crippen LogP contribution in [0.15, 0.2) is 66.1 Å². The van der Waals surface area contributed by atoms with E-state index in [2.05, 4.69) is 31.7 Å². The second kappa shape index (κ2) is 9.79.